The van der Waals surface area contributed by atoms with E-state index in [2.05, 4.69) is 42.1 Å². The molecule has 0 fully saturated rings. The number of rotatable bonds is 4. The molecular weight excluding hydrogens is 315 g/mol. The van der Waals surface area contributed by atoms with Crippen LogP contribution in [0.15, 0.2) is 48.7 Å². The van der Waals surface area contributed by atoms with E-state index in [-0.39, 0.29) is 5.92 Å². The number of hydrogen-bond donors (Lipinski definition) is 1. The Balaban J connectivity index is 1.97. The van der Waals surface area contributed by atoms with Crippen molar-refractivity contribution in [3.63, 3.8) is 0 Å². The first kappa shape index (κ1) is 15.4. The van der Waals surface area contributed by atoms with E-state index in [9.17, 15) is 0 Å². The summed E-state index contributed by atoms with van der Waals surface area (Å²) in [5.41, 5.74) is 9.71. The number of nitrogens with zero attached hydrogens (tertiary/aromatic N) is 1. The minimum absolute atomic E-state index is 0.253. The summed E-state index contributed by atoms with van der Waals surface area (Å²) in [6.45, 7) is 0.592. The highest BCUT2D eigenvalue weighted by Crippen LogP contribution is 2.31. The van der Waals surface area contributed by atoms with Gasteiger partial charge in [0.15, 0.2) is 0 Å². The standard InChI is InChI=1S/C18H18Cl2N2/c1-22-11-15(14-4-2-3-5-18(14)22)13(10-21)8-12-6-7-16(19)17(20)9-12/h2-7,9,11,13H,8,10,21H2,1H3. The second-order valence-corrected chi connectivity index (χ2v) is 6.41. The number of aryl methyl sites for hydroxylation is 1. The zero-order chi connectivity index (χ0) is 15.7. The summed E-state index contributed by atoms with van der Waals surface area (Å²) in [6, 6.07) is 14.2. The normalized spacial score (nSPS) is 12.7. The van der Waals surface area contributed by atoms with Crippen LogP contribution in [0, 0.1) is 0 Å². The van der Waals surface area contributed by atoms with Gasteiger partial charge in [-0.1, -0.05) is 47.5 Å². The Morgan fingerprint density at radius 3 is 2.59 bits per heavy atom. The molecule has 0 bridgehead atoms. The van der Waals surface area contributed by atoms with Gasteiger partial charge in [0, 0.05) is 30.1 Å². The third kappa shape index (κ3) is 2.87. The van der Waals surface area contributed by atoms with Crippen LogP contribution in [0.2, 0.25) is 10.0 Å². The number of halogens is 2. The highest BCUT2D eigenvalue weighted by atomic mass is 35.5. The fraction of sp³-hybridized carbons (Fsp3) is 0.222. The van der Waals surface area contributed by atoms with Crippen LogP contribution in [0.5, 0.6) is 0 Å². The van der Waals surface area contributed by atoms with E-state index < -0.39 is 0 Å². The Morgan fingerprint density at radius 1 is 1.09 bits per heavy atom. The number of fused-ring (bicyclic) bond motifs is 1. The van der Waals surface area contributed by atoms with Gasteiger partial charge in [-0.3, -0.25) is 0 Å². The summed E-state index contributed by atoms with van der Waals surface area (Å²) >= 11 is 12.1. The van der Waals surface area contributed by atoms with Gasteiger partial charge in [0.05, 0.1) is 10.0 Å². The van der Waals surface area contributed by atoms with Gasteiger partial charge < -0.3 is 10.3 Å². The van der Waals surface area contributed by atoms with Gasteiger partial charge in [-0.25, -0.2) is 0 Å². The van der Waals surface area contributed by atoms with Crippen molar-refractivity contribution >= 4 is 34.1 Å². The summed E-state index contributed by atoms with van der Waals surface area (Å²) in [6.07, 6.45) is 3.03. The van der Waals surface area contributed by atoms with Crippen LogP contribution in [0.25, 0.3) is 10.9 Å². The van der Waals surface area contributed by atoms with Crippen molar-refractivity contribution in [2.24, 2.45) is 12.8 Å². The zero-order valence-electron chi connectivity index (χ0n) is 12.4. The fourth-order valence-corrected chi connectivity index (χ4v) is 3.29. The third-order valence-electron chi connectivity index (χ3n) is 4.12. The summed E-state index contributed by atoms with van der Waals surface area (Å²) in [7, 11) is 2.07. The molecule has 0 amide bonds. The molecule has 1 atom stereocenters. The highest BCUT2D eigenvalue weighted by Gasteiger charge is 2.16. The average Bonchev–Trinajstić information content (AvgIpc) is 2.86. The van der Waals surface area contributed by atoms with Gasteiger partial charge in [0.2, 0.25) is 0 Å². The summed E-state index contributed by atoms with van der Waals surface area (Å²) in [5, 5.41) is 2.44. The maximum atomic E-state index is 6.12. The number of nitrogens with two attached hydrogens (primary N) is 1. The van der Waals surface area contributed by atoms with Crippen LogP contribution in [0.4, 0.5) is 0 Å². The summed E-state index contributed by atoms with van der Waals surface area (Å²) < 4.78 is 2.15. The molecule has 0 saturated carbocycles. The second kappa shape index (κ2) is 6.33. The van der Waals surface area contributed by atoms with Gasteiger partial charge in [-0.2, -0.15) is 0 Å². The van der Waals surface area contributed by atoms with Gasteiger partial charge in [-0.15, -0.1) is 0 Å². The number of benzene rings is 2. The van der Waals surface area contributed by atoms with Gasteiger partial charge in [0.25, 0.3) is 0 Å². The largest absolute Gasteiger partial charge is 0.350 e. The molecule has 1 heterocycles. The van der Waals surface area contributed by atoms with Crippen molar-refractivity contribution in [1.82, 2.24) is 4.57 Å². The Bertz CT molecular complexity index is 808. The number of para-hydroxylation sites is 1. The molecule has 2 nitrogen and oxygen atoms in total. The Hall–Kier alpha value is -1.48. The second-order valence-electron chi connectivity index (χ2n) is 5.60. The molecular formula is C18H18Cl2N2. The van der Waals surface area contributed by atoms with E-state index in [1.54, 1.807) is 0 Å². The molecule has 0 radical (unpaired) electrons. The number of hydrogen-bond acceptors (Lipinski definition) is 1. The van der Waals surface area contributed by atoms with Crippen LogP contribution in [-0.2, 0) is 13.5 Å². The molecule has 2 aromatic carbocycles. The molecule has 4 heteroatoms. The lowest BCUT2D eigenvalue weighted by molar-refractivity contribution is 0.696. The van der Waals surface area contributed by atoms with Gasteiger partial charge in [0.1, 0.15) is 0 Å². The topological polar surface area (TPSA) is 30.9 Å². The first-order chi connectivity index (χ1) is 10.6. The van der Waals surface area contributed by atoms with E-state index in [0.717, 1.165) is 12.0 Å². The van der Waals surface area contributed by atoms with E-state index in [0.29, 0.717) is 16.6 Å². The lowest BCUT2D eigenvalue weighted by Crippen LogP contribution is -2.14. The van der Waals surface area contributed by atoms with Crippen molar-refractivity contribution < 1.29 is 0 Å². The number of aromatic nitrogens is 1. The molecule has 3 rings (SSSR count). The highest BCUT2D eigenvalue weighted by molar-refractivity contribution is 6.42. The Labute approximate surface area is 140 Å². The Kier molecular flexibility index (Phi) is 4.44. The van der Waals surface area contributed by atoms with Crippen molar-refractivity contribution in [3.05, 3.63) is 69.8 Å². The fourth-order valence-electron chi connectivity index (χ4n) is 2.97. The molecule has 22 heavy (non-hydrogen) atoms. The van der Waals surface area contributed by atoms with Crippen molar-refractivity contribution in [2.75, 3.05) is 6.54 Å². The smallest absolute Gasteiger partial charge is 0.0595 e. The average molecular weight is 333 g/mol. The maximum absolute atomic E-state index is 6.12. The third-order valence-corrected chi connectivity index (χ3v) is 4.86. The van der Waals surface area contributed by atoms with Gasteiger partial charge in [-0.05, 0) is 42.3 Å². The molecule has 0 aliphatic heterocycles. The summed E-state index contributed by atoms with van der Waals surface area (Å²) in [5.74, 6) is 0.253. The molecule has 0 aliphatic rings. The SMILES string of the molecule is Cn1cc(C(CN)Cc2ccc(Cl)c(Cl)c2)c2ccccc21. The molecule has 3 aromatic rings. The zero-order valence-corrected chi connectivity index (χ0v) is 13.9. The Morgan fingerprint density at radius 2 is 1.86 bits per heavy atom. The maximum Gasteiger partial charge on any atom is 0.0595 e. The van der Waals surface area contributed by atoms with Crippen LogP contribution < -0.4 is 5.73 Å². The van der Waals surface area contributed by atoms with Crippen molar-refractivity contribution in [3.8, 4) is 0 Å². The monoisotopic (exact) mass is 332 g/mol. The van der Waals surface area contributed by atoms with E-state index in [1.807, 2.05) is 18.2 Å². The lowest BCUT2D eigenvalue weighted by Gasteiger charge is -2.15. The molecule has 114 valence electrons. The van der Waals surface area contributed by atoms with Crippen molar-refractivity contribution in [2.45, 2.75) is 12.3 Å². The molecule has 1 unspecified atom stereocenters. The summed E-state index contributed by atoms with van der Waals surface area (Å²) in [4.78, 5) is 0. The first-order valence-electron chi connectivity index (χ1n) is 7.28. The minimum Gasteiger partial charge on any atom is -0.350 e. The predicted molar refractivity (Wildman–Crippen MR) is 94.9 cm³/mol. The van der Waals surface area contributed by atoms with E-state index in [4.69, 9.17) is 28.9 Å². The first-order valence-corrected chi connectivity index (χ1v) is 8.03. The quantitative estimate of drug-likeness (QED) is 0.732. The van der Waals surface area contributed by atoms with Crippen LogP contribution >= 0.6 is 23.2 Å². The van der Waals surface area contributed by atoms with Crippen molar-refractivity contribution in [1.29, 1.82) is 0 Å². The molecule has 2 N–H and O–H groups in total. The lowest BCUT2D eigenvalue weighted by atomic mass is 9.92. The van der Waals surface area contributed by atoms with E-state index in [1.165, 1.54) is 16.5 Å². The van der Waals surface area contributed by atoms with E-state index >= 15 is 0 Å². The predicted octanol–water partition coefficient (Wildman–Crippen LogP) is 4.77. The van der Waals surface area contributed by atoms with Crippen LogP contribution in [-0.4, -0.2) is 11.1 Å². The van der Waals surface area contributed by atoms with Gasteiger partial charge >= 0.3 is 0 Å². The molecule has 0 spiro atoms. The molecule has 0 saturated heterocycles. The molecule has 0 aliphatic carbocycles. The molecule has 1 aromatic heterocycles. The minimum atomic E-state index is 0.253. The van der Waals surface area contributed by atoms with Crippen LogP contribution in [0.1, 0.15) is 17.0 Å². The van der Waals surface area contributed by atoms with Crippen LogP contribution in [0.3, 0.4) is 0 Å².